The van der Waals surface area contributed by atoms with Gasteiger partial charge in [0.05, 0.1) is 16.2 Å². The van der Waals surface area contributed by atoms with Gasteiger partial charge in [0.1, 0.15) is 4.90 Å². The Labute approximate surface area is 174 Å². The lowest BCUT2D eigenvalue weighted by Crippen LogP contribution is -2.35. The molecule has 2 aromatic carbocycles. The molecule has 6 nitrogen and oxygen atoms in total. The summed E-state index contributed by atoms with van der Waals surface area (Å²) in [5.74, 6) is -0.409. The molecule has 29 heavy (non-hydrogen) atoms. The van der Waals surface area contributed by atoms with Crippen molar-refractivity contribution in [2.75, 3.05) is 18.4 Å². The Morgan fingerprint density at radius 2 is 1.83 bits per heavy atom. The zero-order valence-corrected chi connectivity index (χ0v) is 17.2. The number of rotatable bonds is 4. The zero-order chi connectivity index (χ0) is 20.4. The van der Waals surface area contributed by atoms with Crippen LogP contribution in [-0.2, 0) is 10.0 Å². The molecule has 0 spiro atoms. The summed E-state index contributed by atoms with van der Waals surface area (Å²) in [5, 5.41) is 3.77. The highest BCUT2D eigenvalue weighted by molar-refractivity contribution is 7.89. The number of benzene rings is 2. The van der Waals surface area contributed by atoms with E-state index in [0.29, 0.717) is 18.8 Å². The van der Waals surface area contributed by atoms with Crippen LogP contribution >= 0.6 is 11.6 Å². The Kier molecular flexibility index (Phi) is 5.54. The minimum Gasteiger partial charge on any atom is -0.321 e. The van der Waals surface area contributed by atoms with Gasteiger partial charge in [-0.1, -0.05) is 24.1 Å². The number of fused-ring (bicyclic) bond motifs is 1. The van der Waals surface area contributed by atoms with E-state index < -0.39 is 15.9 Å². The third kappa shape index (κ3) is 3.99. The molecule has 0 unspecified atom stereocenters. The predicted octanol–water partition coefficient (Wildman–Crippen LogP) is 4.32. The van der Waals surface area contributed by atoms with Gasteiger partial charge in [-0.2, -0.15) is 4.31 Å². The molecule has 2 heterocycles. The number of nitrogens with one attached hydrogen (secondary N) is 1. The molecule has 0 saturated carbocycles. The van der Waals surface area contributed by atoms with Crippen molar-refractivity contribution in [1.82, 2.24) is 9.29 Å². The number of carbonyl (C=O) groups excluding carboxylic acids is 1. The molecule has 1 amide bonds. The molecule has 0 bridgehead atoms. The first-order chi connectivity index (χ1) is 14.0. The van der Waals surface area contributed by atoms with Crippen LogP contribution in [0.1, 0.15) is 29.6 Å². The summed E-state index contributed by atoms with van der Waals surface area (Å²) in [6.07, 6.45) is 4.35. The van der Waals surface area contributed by atoms with Crippen LogP contribution in [0.5, 0.6) is 0 Å². The monoisotopic (exact) mass is 429 g/mol. The number of piperidine rings is 1. The van der Waals surface area contributed by atoms with Gasteiger partial charge < -0.3 is 5.32 Å². The highest BCUT2D eigenvalue weighted by atomic mass is 35.5. The smallest absolute Gasteiger partial charge is 0.255 e. The summed E-state index contributed by atoms with van der Waals surface area (Å²) in [7, 11) is -3.74. The Morgan fingerprint density at radius 1 is 1.03 bits per heavy atom. The van der Waals surface area contributed by atoms with Crippen LogP contribution in [0.25, 0.3) is 10.9 Å². The summed E-state index contributed by atoms with van der Waals surface area (Å²) in [6, 6.07) is 13.4. The maximum atomic E-state index is 13.0. The summed E-state index contributed by atoms with van der Waals surface area (Å²) in [6.45, 7) is 0.941. The van der Waals surface area contributed by atoms with Crippen molar-refractivity contribution in [3.8, 4) is 0 Å². The van der Waals surface area contributed by atoms with Crippen molar-refractivity contribution in [2.24, 2.45) is 0 Å². The average Bonchev–Trinajstić information content (AvgIpc) is 2.75. The number of sulfonamides is 1. The molecule has 0 radical (unpaired) electrons. The molecule has 150 valence electrons. The number of anilines is 1. The van der Waals surface area contributed by atoms with E-state index in [2.05, 4.69) is 10.3 Å². The second-order valence-electron chi connectivity index (χ2n) is 6.94. The summed E-state index contributed by atoms with van der Waals surface area (Å²) in [4.78, 5) is 17.1. The van der Waals surface area contributed by atoms with E-state index in [4.69, 9.17) is 11.6 Å². The molecule has 0 aliphatic carbocycles. The van der Waals surface area contributed by atoms with Gasteiger partial charge in [0.25, 0.3) is 5.91 Å². The third-order valence-corrected chi connectivity index (χ3v) is 7.40. The zero-order valence-electron chi connectivity index (χ0n) is 15.6. The lowest BCUT2D eigenvalue weighted by atomic mass is 10.1. The second kappa shape index (κ2) is 8.10. The molecule has 3 aromatic rings. The van der Waals surface area contributed by atoms with Gasteiger partial charge in [0, 0.05) is 30.2 Å². The van der Waals surface area contributed by atoms with Crippen LogP contribution in [0.3, 0.4) is 0 Å². The minimum atomic E-state index is -3.74. The number of carbonyl (C=O) groups is 1. The van der Waals surface area contributed by atoms with E-state index in [-0.39, 0.29) is 15.5 Å². The molecule has 8 heteroatoms. The Morgan fingerprint density at radius 3 is 2.62 bits per heavy atom. The van der Waals surface area contributed by atoms with Crippen molar-refractivity contribution in [1.29, 1.82) is 0 Å². The van der Waals surface area contributed by atoms with E-state index in [1.54, 1.807) is 24.4 Å². The van der Waals surface area contributed by atoms with Gasteiger partial charge in [-0.3, -0.25) is 9.78 Å². The number of aromatic nitrogens is 1. The predicted molar refractivity (Wildman–Crippen MR) is 114 cm³/mol. The largest absolute Gasteiger partial charge is 0.321 e. The topological polar surface area (TPSA) is 79.4 Å². The molecule has 1 N–H and O–H groups in total. The van der Waals surface area contributed by atoms with E-state index >= 15 is 0 Å². The Bertz CT molecular complexity index is 1170. The molecule has 0 atom stereocenters. The summed E-state index contributed by atoms with van der Waals surface area (Å²) in [5.41, 5.74) is 1.59. The van der Waals surface area contributed by atoms with E-state index in [0.717, 1.165) is 30.2 Å². The van der Waals surface area contributed by atoms with Gasteiger partial charge in [0.2, 0.25) is 10.0 Å². The van der Waals surface area contributed by atoms with Crippen LogP contribution in [0.4, 0.5) is 5.69 Å². The van der Waals surface area contributed by atoms with Crippen molar-refractivity contribution in [3.05, 3.63) is 65.3 Å². The first kappa shape index (κ1) is 19.8. The average molecular weight is 430 g/mol. The highest BCUT2D eigenvalue weighted by Gasteiger charge is 2.28. The maximum Gasteiger partial charge on any atom is 0.255 e. The number of hydrogen-bond acceptors (Lipinski definition) is 4. The minimum absolute atomic E-state index is 0.0340. The first-order valence-electron chi connectivity index (χ1n) is 9.41. The second-order valence-corrected chi connectivity index (χ2v) is 9.25. The molecule has 1 aromatic heterocycles. The van der Waals surface area contributed by atoms with Gasteiger partial charge in [-0.05, 0) is 55.3 Å². The lowest BCUT2D eigenvalue weighted by Gasteiger charge is -2.26. The number of pyridine rings is 1. The fourth-order valence-corrected chi connectivity index (χ4v) is 5.51. The fourth-order valence-electron chi connectivity index (χ4n) is 3.49. The van der Waals surface area contributed by atoms with E-state index in [1.807, 2.05) is 12.1 Å². The highest BCUT2D eigenvalue weighted by Crippen LogP contribution is 2.29. The van der Waals surface area contributed by atoms with Gasteiger partial charge in [0.15, 0.2) is 0 Å². The molecule has 1 fully saturated rings. The molecule has 4 rings (SSSR count). The van der Waals surface area contributed by atoms with Crippen LogP contribution in [0.15, 0.2) is 59.6 Å². The van der Waals surface area contributed by atoms with Crippen LogP contribution < -0.4 is 5.32 Å². The molecule has 1 aliphatic heterocycles. The molecular weight excluding hydrogens is 410 g/mol. The van der Waals surface area contributed by atoms with Crippen molar-refractivity contribution in [3.63, 3.8) is 0 Å². The van der Waals surface area contributed by atoms with Crippen molar-refractivity contribution >= 4 is 44.1 Å². The standard InChI is InChI=1S/C21H20ClN3O3S/c22-17-10-9-15(14-20(17)29(27,28)25-12-2-1-3-13-25)21(26)24-19-8-4-7-18-16(19)6-5-11-23-18/h4-11,14H,1-3,12-13H2,(H,24,26). The summed E-state index contributed by atoms with van der Waals surface area (Å²) < 4.78 is 27.5. The van der Waals surface area contributed by atoms with Crippen LogP contribution in [0, 0.1) is 0 Å². The normalized spacial score (nSPS) is 15.3. The Hall–Kier alpha value is -2.48. The SMILES string of the molecule is O=C(Nc1cccc2ncccc12)c1ccc(Cl)c(S(=O)(=O)N2CCCCC2)c1. The van der Waals surface area contributed by atoms with Gasteiger partial charge >= 0.3 is 0 Å². The van der Waals surface area contributed by atoms with Crippen LogP contribution in [-0.4, -0.2) is 36.7 Å². The molecule has 1 saturated heterocycles. The van der Waals surface area contributed by atoms with Gasteiger partial charge in [-0.25, -0.2) is 8.42 Å². The maximum absolute atomic E-state index is 13.0. The van der Waals surface area contributed by atoms with E-state index in [1.165, 1.54) is 22.5 Å². The number of amides is 1. The molecular formula is C21H20ClN3O3S. The Balaban J connectivity index is 1.65. The number of halogens is 1. The van der Waals surface area contributed by atoms with Crippen molar-refractivity contribution < 1.29 is 13.2 Å². The van der Waals surface area contributed by atoms with Crippen molar-refractivity contribution in [2.45, 2.75) is 24.2 Å². The van der Waals surface area contributed by atoms with E-state index in [9.17, 15) is 13.2 Å². The fraction of sp³-hybridized carbons (Fsp3) is 0.238. The lowest BCUT2D eigenvalue weighted by molar-refractivity contribution is 0.102. The third-order valence-electron chi connectivity index (χ3n) is 5.02. The van der Waals surface area contributed by atoms with Gasteiger partial charge in [-0.15, -0.1) is 0 Å². The quantitative estimate of drug-likeness (QED) is 0.670. The number of hydrogen-bond donors (Lipinski definition) is 1. The summed E-state index contributed by atoms with van der Waals surface area (Å²) >= 11 is 6.20. The van der Waals surface area contributed by atoms with Crippen LogP contribution in [0.2, 0.25) is 5.02 Å². The first-order valence-corrected chi connectivity index (χ1v) is 11.2. The number of nitrogens with zero attached hydrogens (tertiary/aromatic N) is 2. The molecule has 1 aliphatic rings.